The maximum Gasteiger partial charge on any atom is 0.240 e. The molecular weight excluding hydrogens is 230 g/mol. The Kier molecular flexibility index (Phi) is 4.71. The predicted molar refractivity (Wildman–Crippen MR) is 67.0 cm³/mol. The van der Waals surface area contributed by atoms with Gasteiger partial charge in [-0.05, 0) is 25.7 Å². The fourth-order valence-corrected chi connectivity index (χ4v) is 2.31. The van der Waals surface area contributed by atoms with Gasteiger partial charge in [0.2, 0.25) is 11.8 Å². The van der Waals surface area contributed by atoms with E-state index in [1.165, 1.54) is 0 Å². The molecule has 1 saturated heterocycles. The fourth-order valence-electron chi connectivity index (χ4n) is 2.31. The van der Waals surface area contributed by atoms with Crippen LogP contribution < -0.4 is 5.73 Å². The van der Waals surface area contributed by atoms with Gasteiger partial charge in [0, 0.05) is 12.6 Å². The maximum absolute atomic E-state index is 12.3. The molecule has 1 heterocycles. The van der Waals surface area contributed by atoms with E-state index >= 15 is 0 Å². The van der Waals surface area contributed by atoms with E-state index < -0.39 is 5.92 Å². The van der Waals surface area contributed by atoms with Crippen molar-refractivity contribution >= 4 is 11.8 Å². The molecule has 0 spiro atoms. The Bertz CT molecular complexity index is 373. The first-order chi connectivity index (χ1) is 8.38. The first-order valence-corrected chi connectivity index (χ1v) is 6.37. The number of hydrogen-bond donors (Lipinski definition) is 1. The van der Waals surface area contributed by atoms with Crippen LogP contribution in [0, 0.1) is 29.1 Å². The molecular formula is C13H21N3O2. The normalized spacial score (nSPS) is 25.6. The standard InChI is InChI=1S/C13H21N3O2/c1-8(2)11(6-14)13(18)16-7-10(12(15)17)5-4-9(16)3/h8-11H,4-5,7H2,1-3H3,(H2,15,17). The molecule has 0 radical (unpaired) electrons. The Morgan fingerprint density at radius 3 is 2.44 bits per heavy atom. The summed E-state index contributed by atoms with van der Waals surface area (Å²) < 4.78 is 0. The number of nitrogens with two attached hydrogens (primary N) is 1. The highest BCUT2D eigenvalue weighted by Crippen LogP contribution is 2.25. The third-order valence-corrected chi connectivity index (χ3v) is 3.64. The number of piperidine rings is 1. The van der Waals surface area contributed by atoms with Gasteiger partial charge in [-0.3, -0.25) is 9.59 Å². The highest BCUT2D eigenvalue weighted by atomic mass is 16.2. The second-order valence-electron chi connectivity index (χ2n) is 5.37. The zero-order chi connectivity index (χ0) is 13.9. The number of nitrogens with zero attached hydrogens (tertiary/aromatic N) is 2. The van der Waals surface area contributed by atoms with Crippen LogP contribution in [-0.2, 0) is 9.59 Å². The van der Waals surface area contributed by atoms with E-state index in [0.29, 0.717) is 6.54 Å². The average molecular weight is 251 g/mol. The second-order valence-corrected chi connectivity index (χ2v) is 5.37. The summed E-state index contributed by atoms with van der Waals surface area (Å²) >= 11 is 0. The number of likely N-dealkylation sites (tertiary alicyclic amines) is 1. The van der Waals surface area contributed by atoms with Crippen LogP contribution in [0.4, 0.5) is 0 Å². The minimum atomic E-state index is -0.640. The molecule has 0 aromatic rings. The Labute approximate surface area is 108 Å². The zero-order valence-electron chi connectivity index (χ0n) is 11.2. The van der Waals surface area contributed by atoms with Crippen LogP contribution in [0.2, 0.25) is 0 Å². The van der Waals surface area contributed by atoms with E-state index in [2.05, 4.69) is 6.07 Å². The van der Waals surface area contributed by atoms with Crippen LogP contribution in [0.3, 0.4) is 0 Å². The third-order valence-electron chi connectivity index (χ3n) is 3.64. The van der Waals surface area contributed by atoms with Crippen LogP contribution in [0.1, 0.15) is 33.6 Å². The van der Waals surface area contributed by atoms with Crippen molar-refractivity contribution in [2.24, 2.45) is 23.5 Å². The molecule has 3 atom stereocenters. The topological polar surface area (TPSA) is 87.2 Å². The van der Waals surface area contributed by atoms with E-state index in [9.17, 15) is 9.59 Å². The van der Waals surface area contributed by atoms with Crippen LogP contribution in [0.15, 0.2) is 0 Å². The molecule has 3 unspecified atom stereocenters. The Hall–Kier alpha value is -1.57. The van der Waals surface area contributed by atoms with Gasteiger partial charge >= 0.3 is 0 Å². The summed E-state index contributed by atoms with van der Waals surface area (Å²) in [6, 6.07) is 2.13. The van der Waals surface area contributed by atoms with E-state index in [1.54, 1.807) is 4.90 Å². The SMILES string of the molecule is CC(C)C(C#N)C(=O)N1CC(C(N)=O)CCC1C. The van der Waals surface area contributed by atoms with Gasteiger partial charge in [0.05, 0.1) is 12.0 Å². The lowest BCUT2D eigenvalue weighted by atomic mass is 9.89. The lowest BCUT2D eigenvalue weighted by Gasteiger charge is -2.38. The fraction of sp³-hybridized carbons (Fsp3) is 0.769. The summed E-state index contributed by atoms with van der Waals surface area (Å²) in [6.45, 7) is 6.00. The van der Waals surface area contributed by atoms with E-state index in [-0.39, 0.29) is 29.7 Å². The molecule has 100 valence electrons. The molecule has 18 heavy (non-hydrogen) atoms. The van der Waals surface area contributed by atoms with Crippen molar-refractivity contribution in [3.05, 3.63) is 0 Å². The number of hydrogen-bond acceptors (Lipinski definition) is 3. The minimum Gasteiger partial charge on any atom is -0.369 e. The van der Waals surface area contributed by atoms with Gasteiger partial charge in [-0.2, -0.15) is 5.26 Å². The minimum absolute atomic E-state index is 0.0244. The molecule has 0 saturated carbocycles. The molecule has 1 aliphatic heterocycles. The first-order valence-electron chi connectivity index (χ1n) is 6.37. The van der Waals surface area contributed by atoms with Gasteiger partial charge in [-0.1, -0.05) is 13.8 Å². The van der Waals surface area contributed by atoms with E-state index in [4.69, 9.17) is 11.0 Å². The molecule has 0 bridgehead atoms. The van der Waals surface area contributed by atoms with E-state index in [0.717, 1.165) is 12.8 Å². The number of rotatable bonds is 3. The smallest absolute Gasteiger partial charge is 0.240 e. The third kappa shape index (κ3) is 3.00. The molecule has 2 amide bonds. The van der Waals surface area contributed by atoms with Crippen molar-refractivity contribution in [3.8, 4) is 6.07 Å². The quantitative estimate of drug-likeness (QED) is 0.808. The second kappa shape index (κ2) is 5.85. The predicted octanol–water partition coefficient (Wildman–Crippen LogP) is 0.895. The summed E-state index contributed by atoms with van der Waals surface area (Å²) in [5, 5.41) is 9.07. The lowest BCUT2D eigenvalue weighted by Crippen LogP contribution is -2.51. The Morgan fingerprint density at radius 2 is 2.00 bits per heavy atom. The maximum atomic E-state index is 12.3. The molecule has 1 rings (SSSR count). The first kappa shape index (κ1) is 14.5. The Morgan fingerprint density at radius 1 is 1.39 bits per heavy atom. The van der Waals surface area contributed by atoms with Gasteiger partial charge in [0.15, 0.2) is 0 Å². The van der Waals surface area contributed by atoms with Crippen molar-refractivity contribution < 1.29 is 9.59 Å². The number of carbonyl (C=O) groups excluding carboxylic acids is 2. The summed E-state index contributed by atoms with van der Waals surface area (Å²) in [4.78, 5) is 25.2. The van der Waals surface area contributed by atoms with Gasteiger partial charge in [0.1, 0.15) is 5.92 Å². The largest absolute Gasteiger partial charge is 0.369 e. The molecule has 0 aliphatic carbocycles. The van der Waals surface area contributed by atoms with Crippen LogP contribution >= 0.6 is 0 Å². The molecule has 5 nitrogen and oxygen atoms in total. The summed E-state index contributed by atoms with van der Waals surface area (Å²) in [6.07, 6.45) is 1.48. The number of carbonyl (C=O) groups is 2. The number of primary amides is 1. The van der Waals surface area contributed by atoms with Gasteiger partial charge in [0.25, 0.3) is 0 Å². The lowest BCUT2D eigenvalue weighted by molar-refractivity contribution is -0.140. The summed E-state index contributed by atoms with van der Waals surface area (Å²) in [5.74, 6) is -1.48. The molecule has 0 aromatic heterocycles. The van der Waals surface area contributed by atoms with Crippen molar-refractivity contribution in [1.82, 2.24) is 4.90 Å². The van der Waals surface area contributed by atoms with Crippen LogP contribution in [-0.4, -0.2) is 29.3 Å². The zero-order valence-corrected chi connectivity index (χ0v) is 11.2. The average Bonchev–Trinajstić information content (AvgIpc) is 2.29. The molecule has 2 N–H and O–H groups in total. The monoisotopic (exact) mass is 251 g/mol. The number of amides is 2. The van der Waals surface area contributed by atoms with Crippen molar-refractivity contribution in [3.63, 3.8) is 0 Å². The highest BCUT2D eigenvalue weighted by molar-refractivity contribution is 5.83. The summed E-state index contributed by atoms with van der Waals surface area (Å²) in [5.41, 5.74) is 5.30. The van der Waals surface area contributed by atoms with Crippen LogP contribution in [0.5, 0.6) is 0 Å². The molecule has 1 aliphatic rings. The van der Waals surface area contributed by atoms with Crippen molar-refractivity contribution in [2.75, 3.05) is 6.54 Å². The van der Waals surface area contributed by atoms with Crippen molar-refractivity contribution in [1.29, 1.82) is 5.26 Å². The van der Waals surface area contributed by atoms with E-state index in [1.807, 2.05) is 20.8 Å². The van der Waals surface area contributed by atoms with Gasteiger partial charge in [-0.25, -0.2) is 0 Å². The number of nitriles is 1. The molecule has 5 heteroatoms. The summed E-state index contributed by atoms with van der Waals surface area (Å²) in [7, 11) is 0. The Balaban J connectivity index is 2.82. The van der Waals surface area contributed by atoms with Crippen LogP contribution in [0.25, 0.3) is 0 Å². The van der Waals surface area contributed by atoms with Gasteiger partial charge < -0.3 is 10.6 Å². The van der Waals surface area contributed by atoms with Crippen molar-refractivity contribution in [2.45, 2.75) is 39.7 Å². The molecule has 1 fully saturated rings. The molecule has 0 aromatic carbocycles. The van der Waals surface area contributed by atoms with Gasteiger partial charge in [-0.15, -0.1) is 0 Å². The highest BCUT2D eigenvalue weighted by Gasteiger charge is 2.35.